The average Bonchev–Trinajstić information content (AvgIpc) is 2.78. The van der Waals surface area contributed by atoms with Gasteiger partial charge in [0.15, 0.2) is 0 Å². The van der Waals surface area contributed by atoms with Gasteiger partial charge in [0.25, 0.3) is 0 Å². The van der Waals surface area contributed by atoms with Gasteiger partial charge in [-0.3, -0.25) is 0 Å². The van der Waals surface area contributed by atoms with Crippen molar-refractivity contribution in [1.29, 1.82) is 0 Å². The number of aryl methyl sites for hydroxylation is 1. The Labute approximate surface area is 173 Å². The number of nitrogens with zero attached hydrogens (tertiary/aromatic N) is 2. The van der Waals surface area contributed by atoms with Crippen LogP contribution in [0.15, 0.2) is 48.5 Å². The fourth-order valence-electron chi connectivity index (χ4n) is 3.54. The van der Waals surface area contributed by atoms with Crippen molar-refractivity contribution >= 4 is 11.7 Å². The summed E-state index contributed by atoms with van der Waals surface area (Å²) in [6.45, 7) is 6.37. The summed E-state index contributed by atoms with van der Waals surface area (Å²) in [6.07, 6.45) is 1.85. The predicted molar refractivity (Wildman–Crippen MR) is 116 cm³/mol. The molecule has 1 aliphatic heterocycles. The van der Waals surface area contributed by atoms with Crippen molar-refractivity contribution in [2.45, 2.75) is 19.8 Å². The predicted octanol–water partition coefficient (Wildman–Crippen LogP) is 3.56. The number of hydrogen-bond acceptors (Lipinski definition) is 4. The molecule has 0 bridgehead atoms. The van der Waals surface area contributed by atoms with Crippen molar-refractivity contribution in [1.82, 2.24) is 10.2 Å². The van der Waals surface area contributed by atoms with E-state index in [9.17, 15) is 4.79 Å². The lowest BCUT2D eigenvalue weighted by atomic mass is 10.1. The van der Waals surface area contributed by atoms with Crippen molar-refractivity contribution in [3.8, 4) is 11.5 Å². The van der Waals surface area contributed by atoms with Gasteiger partial charge < -0.3 is 24.6 Å². The molecule has 1 fully saturated rings. The van der Waals surface area contributed by atoms with Gasteiger partial charge in [0.2, 0.25) is 0 Å². The summed E-state index contributed by atoms with van der Waals surface area (Å²) in [5.74, 6) is 1.77. The number of hydrogen-bond donors (Lipinski definition) is 1. The van der Waals surface area contributed by atoms with E-state index in [-0.39, 0.29) is 6.03 Å². The van der Waals surface area contributed by atoms with Crippen LogP contribution in [0, 0.1) is 0 Å². The van der Waals surface area contributed by atoms with Crippen LogP contribution in [0.3, 0.4) is 0 Å². The molecule has 3 rings (SSSR count). The van der Waals surface area contributed by atoms with Crippen molar-refractivity contribution in [2.24, 2.45) is 0 Å². The van der Waals surface area contributed by atoms with Gasteiger partial charge in [0.05, 0.1) is 19.4 Å². The van der Waals surface area contributed by atoms with Gasteiger partial charge in [-0.1, -0.05) is 24.3 Å². The van der Waals surface area contributed by atoms with E-state index in [1.807, 2.05) is 42.2 Å². The first kappa shape index (κ1) is 20.8. The molecule has 0 spiro atoms. The minimum Gasteiger partial charge on any atom is -0.497 e. The summed E-state index contributed by atoms with van der Waals surface area (Å²) in [7, 11) is 1.67. The lowest BCUT2D eigenvalue weighted by Gasteiger charge is -2.36. The van der Waals surface area contributed by atoms with Crippen LogP contribution in [0.5, 0.6) is 11.5 Å². The molecule has 0 aromatic heterocycles. The normalized spacial score (nSPS) is 13.9. The van der Waals surface area contributed by atoms with E-state index in [0.29, 0.717) is 26.2 Å². The molecule has 0 saturated carbocycles. The summed E-state index contributed by atoms with van der Waals surface area (Å²) in [5, 5.41) is 3.05. The first-order valence-electron chi connectivity index (χ1n) is 10.3. The molecule has 1 saturated heterocycles. The van der Waals surface area contributed by atoms with Crippen LogP contribution in [0.25, 0.3) is 0 Å². The van der Waals surface area contributed by atoms with E-state index in [2.05, 4.69) is 28.4 Å². The van der Waals surface area contributed by atoms with Crippen LogP contribution < -0.4 is 19.7 Å². The Morgan fingerprint density at radius 2 is 1.76 bits per heavy atom. The standard InChI is InChI=1S/C23H31N3O3/c1-3-29-22-9-5-4-8-21(22)25-15-17-26(18-16-25)23(27)24-14-6-7-19-10-12-20(28-2)13-11-19/h4-5,8-13H,3,6-7,14-18H2,1-2H3,(H,24,27). The minimum absolute atomic E-state index is 0.0254. The molecule has 0 radical (unpaired) electrons. The summed E-state index contributed by atoms with van der Waals surface area (Å²) in [5.41, 5.74) is 2.36. The average molecular weight is 398 g/mol. The van der Waals surface area contributed by atoms with Crippen molar-refractivity contribution in [3.63, 3.8) is 0 Å². The second kappa shape index (κ2) is 10.6. The number of piperazine rings is 1. The maximum Gasteiger partial charge on any atom is 0.317 e. The van der Waals surface area contributed by atoms with E-state index >= 15 is 0 Å². The molecular formula is C23H31N3O3. The highest BCUT2D eigenvalue weighted by Crippen LogP contribution is 2.28. The fourth-order valence-corrected chi connectivity index (χ4v) is 3.54. The topological polar surface area (TPSA) is 54.0 Å². The number of amides is 2. The third-order valence-corrected chi connectivity index (χ3v) is 5.15. The second-order valence-corrected chi connectivity index (χ2v) is 7.06. The molecule has 1 aliphatic rings. The SMILES string of the molecule is CCOc1ccccc1N1CCN(C(=O)NCCCc2ccc(OC)cc2)CC1. The molecule has 1 heterocycles. The van der Waals surface area contributed by atoms with Gasteiger partial charge in [0, 0.05) is 32.7 Å². The Morgan fingerprint density at radius 1 is 1.03 bits per heavy atom. The maximum absolute atomic E-state index is 12.5. The monoisotopic (exact) mass is 397 g/mol. The summed E-state index contributed by atoms with van der Waals surface area (Å²) < 4.78 is 10.9. The maximum atomic E-state index is 12.5. The van der Waals surface area contributed by atoms with E-state index in [1.165, 1.54) is 5.56 Å². The summed E-state index contributed by atoms with van der Waals surface area (Å²) in [6, 6.07) is 16.2. The minimum atomic E-state index is 0.0254. The number of ether oxygens (including phenoxy) is 2. The Bertz CT molecular complexity index is 771. The van der Waals surface area contributed by atoms with Crippen LogP contribution in [-0.2, 0) is 6.42 Å². The molecule has 0 atom stereocenters. The quantitative estimate of drug-likeness (QED) is 0.692. The molecule has 29 heavy (non-hydrogen) atoms. The summed E-state index contributed by atoms with van der Waals surface area (Å²) >= 11 is 0. The molecule has 2 aromatic carbocycles. The van der Waals surface area contributed by atoms with Crippen LogP contribution in [0.2, 0.25) is 0 Å². The number of methoxy groups -OCH3 is 1. The molecular weight excluding hydrogens is 366 g/mol. The highest BCUT2D eigenvalue weighted by molar-refractivity contribution is 5.74. The smallest absolute Gasteiger partial charge is 0.317 e. The highest BCUT2D eigenvalue weighted by atomic mass is 16.5. The number of nitrogens with one attached hydrogen (secondary N) is 1. The van der Waals surface area contributed by atoms with Crippen LogP contribution in [0.4, 0.5) is 10.5 Å². The van der Waals surface area contributed by atoms with Crippen molar-refractivity contribution in [3.05, 3.63) is 54.1 Å². The highest BCUT2D eigenvalue weighted by Gasteiger charge is 2.22. The van der Waals surface area contributed by atoms with Gasteiger partial charge in [-0.2, -0.15) is 0 Å². The lowest BCUT2D eigenvalue weighted by Crippen LogP contribution is -2.52. The Hall–Kier alpha value is -2.89. The number of carbonyl (C=O) groups excluding carboxylic acids is 1. The number of rotatable bonds is 8. The van der Waals surface area contributed by atoms with E-state index in [1.54, 1.807) is 7.11 Å². The first-order valence-corrected chi connectivity index (χ1v) is 10.3. The third kappa shape index (κ3) is 5.79. The summed E-state index contributed by atoms with van der Waals surface area (Å²) in [4.78, 5) is 16.6. The Morgan fingerprint density at radius 3 is 2.45 bits per heavy atom. The molecule has 2 aromatic rings. The molecule has 6 heteroatoms. The number of urea groups is 1. The molecule has 1 N–H and O–H groups in total. The lowest BCUT2D eigenvalue weighted by molar-refractivity contribution is 0.194. The molecule has 2 amide bonds. The van der Waals surface area contributed by atoms with Crippen LogP contribution in [-0.4, -0.2) is 57.4 Å². The zero-order chi connectivity index (χ0) is 20.5. The Kier molecular flexibility index (Phi) is 7.61. The zero-order valence-corrected chi connectivity index (χ0v) is 17.4. The van der Waals surface area contributed by atoms with Crippen LogP contribution in [0.1, 0.15) is 18.9 Å². The van der Waals surface area contributed by atoms with Crippen LogP contribution >= 0.6 is 0 Å². The van der Waals surface area contributed by atoms with E-state index in [4.69, 9.17) is 9.47 Å². The number of para-hydroxylation sites is 2. The van der Waals surface area contributed by atoms with Gasteiger partial charge in [-0.25, -0.2) is 4.79 Å². The molecule has 0 aliphatic carbocycles. The molecule has 156 valence electrons. The van der Waals surface area contributed by atoms with E-state index in [0.717, 1.165) is 43.1 Å². The van der Waals surface area contributed by atoms with Crippen molar-refractivity contribution in [2.75, 3.05) is 51.3 Å². The van der Waals surface area contributed by atoms with Gasteiger partial charge in [0.1, 0.15) is 11.5 Å². The van der Waals surface area contributed by atoms with Gasteiger partial charge in [-0.15, -0.1) is 0 Å². The number of benzene rings is 2. The van der Waals surface area contributed by atoms with Crippen molar-refractivity contribution < 1.29 is 14.3 Å². The third-order valence-electron chi connectivity index (χ3n) is 5.15. The zero-order valence-electron chi connectivity index (χ0n) is 17.4. The Balaban J connectivity index is 1.39. The fraction of sp³-hybridized carbons (Fsp3) is 0.435. The van der Waals surface area contributed by atoms with Gasteiger partial charge >= 0.3 is 6.03 Å². The first-order chi connectivity index (χ1) is 14.2. The van der Waals surface area contributed by atoms with E-state index < -0.39 is 0 Å². The number of carbonyl (C=O) groups is 1. The molecule has 6 nitrogen and oxygen atoms in total. The second-order valence-electron chi connectivity index (χ2n) is 7.06. The number of anilines is 1. The van der Waals surface area contributed by atoms with Gasteiger partial charge in [-0.05, 0) is 49.6 Å². The molecule has 0 unspecified atom stereocenters. The largest absolute Gasteiger partial charge is 0.497 e.